The Bertz CT molecular complexity index is 504. The van der Waals surface area contributed by atoms with Crippen LogP contribution in [0.5, 0.6) is 0 Å². The number of quaternary nitrogens is 1. The molecule has 40 heavy (non-hydrogen) atoms. The lowest BCUT2D eigenvalue weighted by atomic mass is 10.0. The van der Waals surface area contributed by atoms with Gasteiger partial charge in [0.25, 0.3) is 0 Å². The van der Waals surface area contributed by atoms with Crippen molar-refractivity contribution in [2.75, 3.05) is 33.7 Å². The van der Waals surface area contributed by atoms with E-state index < -0.39 is 0 Å². The van der Waals surface area contributed by atoms with Gasteiger partial charge in [-0.25, -0.2) is 0 Å². The first kappa shape index (κ1) is 39.4. The van der Waals surface area contributed by atoms with Gasteiger partial charge in [-0.05, 0) is 19.3 Å². The molecular weight excluding hydrogens is 488 g/mol. The SMILES string of the molecule is CCCCCCCCCCCCCCCCCC(=O)NCCC[N+](C)(C)CCCCCCCCCCCCCC. The van der Waals surface area contributed by atoms with Gasteiger partial charge in [-0.3, -0.25) is 4.79 Å². The summed E-state index contributed by atoms with van der Waals surface area (Å²) in [5, 5.41) is 3.17. The van der Waals surface area contributed by atoms with Crippen LogP contribution in [0.25, 0.3) is 0 Å². The fraction of sp³-hybridized carbons (Fsp3) is 0.973. The van der Waals surface area contributed by atoms with Crippen LogP contribution in [0.4, 0.5) is 0 Å². The maximum absolute atomic E-state index is 12.2. The number of hydrogen-bond donors (Lipinski definition) is 1. The van der Waals surface area contributed by atoms with Crippen molar-refractivity contribution < 1.29 is 9.28 Å². The Labute approximate surface area is 254 Å². The second-order valence-corrected chi connectivity index (χ2v) is 13.7. The largest absolute Gasteiger partial charge is 0.356 e. The highest BCUT2D eigenvalue weighted by Gasteiger charge is 2.14. The van der Waals surface area contributed by atoms with E-state index in [4.69, 9.17) is 0 Å². The fourth-order valence-electron chi connectivity index (χ4n) is 5.97. The van der Waals surface area contributed by atoms with E-state index in [0.717, 1.165) is 36.8 Å². The minimum atomic E-state index is 0.265. The van der Waals surface area contributed by atoms with Crippen LogP contribution in [0, 0.1) is 0 Å². The predicted octanol–water partition coefficient (Wildman–Crippen LogP) is 11.5. The van der Waals surface area contributed by atoms with Crippen molar-refractivity contribution in [1.29, 1.82) is 0 Å². The number of rotatable bonds is 33. The van der Waals surface area contributed by atoms with E-state index in [0.29, 0.717) is 0 Å². The number of carbonyl (C=O) groups excluding carboxylic acids is 1. The van der Waals surface area contributed by atoms with Crippen molar-refractivity contribution in [2.24, 2.45) is 0 Å². The molecule has 0 aliphatic rings. The molecule has 0 saturated heterocycles. The highest BCUT2D eigenvalue weighted by molar-refractivity contribution is 5.75. The summed E-state index contributed by atoms with van der Waals surface area (Å²) in [6.07, 6.45) is 39.4. The summed E-state index contributed by atoms with van der Waals surface area (Å²) in [7, 11) is 4.71. The Kier molecular flexibility index (Phi) is 30.9. The van der Waals surface area contributed by atoms with Crippen LogP contribution in [0.1, 0.15) is 200 Å². The van der Waals surface area contributed by atoms with Gasteiger partial charge in [0.1, 0.15) is 0 Å². The quantitative estimate of drug-likeness (QED) is 0.0622. The van der Waals surface area contributed by atoms with Crippen molar-refractivity contribution in [3.8, 4) is 0 Å². The molecule has 0 heterocycles. The van der Waals surface area contributed by atoms with Gasteiger partial charge in [-0.2, -0.15) is 0 Å². The molecule has 0 bridgehead atoms. The van der Waals surface area contributed by atoms with Crippen LogP contribution in [0.2, 0.25) is 0 Å². The van der Waals surface area contributed by atoms with Crippen molar-refractivity contribution in [3.05, 3.63) is 0 Å². The molecule has 0 saturated carbocycles. The molecule has 0 radical (unpaired) electrons. The summed E-state index contributed by atoms with van der Waals surface area (Å²) in [4.78, 5) is 12.2. The zero-order valence-electron chi connectivity index (χ0n) is 28.5. The summed E-state index contributed by atoms with van der Waals surface area (Å²) in [5.74, 6) is 0.265. The van der Waals surface area contributed by atoms with Crippen LogP contribution in [-0.2, 0) is 4.79 Å². The summed E-state index contributed by atoms with van der Waals surface area (Å²) < 4.78 is 1.09. The molecular formula is C37H77N2O+. The Morgan fingerprint density at radius 1 is 0.425 bits per heavy atom. The first-order chi connectivity index (χ1) is 19.5. The molecule has 3 heteroatoms. The molecule has 0 atom stereocenters. The first-order valence-electron chi connectivity index (χ1n) is 18.6. The molecule has 0 unspecified atom stereocenters. The third-order valence-corrected chi connectivity index (χ3v) is 8.89. The average molecular weight is 566 g/mol. The van der Waals surface area contributed by atoms with Gasteiger partial charge < -0.3 is 9.80 Å². The van der Waals surface area contributed by atoms with Gasteiger partial charge in [0, 0.05) is 19.4 Å². The Morgan fingerprint density at radius 3 is 1.10 bits per heavy atom. The zero-order chi connectivity index (χ0) is 29.4. The van der Waals surface area contributed by atoms with Crippen LogP contribution < -0.4 is 5.32 Å². The van der Waals surface area contributed by atoms with Gasteiger partial charge in [0.2, 0.25) is 5.91 Å². The molecule has 0 spiro atoms. The highest BCUT2D eigenvalue weighted by atomic mass is 16.1. The monoisotopic (exact) mass is 566 g/mol. The average Bonchev–Trinajstić information content (AvgIpc) is 2.94. The molecule has 0 rings (SSSR count). The number of unbranched alkanes of at least 4 members (excludes halogenated alkanes) is 25. The van der Waals surface area contributed by atoms with E-state index in [2.05, 4.69) is 33.3 Å². The van der Waals surface area contributed by atoms with Crippen LogP contribution >= 0.6 is 0 Å². The Morgan fingerprint density at radius 2 is 0.725 bits per heavy atom. The summed E-state index contributed by atoms with van der Waals surface area (Å²) in [6.45, 7) is 7.86. The van der Waals surface area contributed by atoms with Gasteiger partial charge in [0.15, 0.2) is 0 Å². The van der Waals surface area contributed by atoms with Crippen molar-refractivity contribution >= 4 is 5.91 Å². The molecule has 0 aromatic carbocycles. The fourth-order valence-corrected chi connectivity index (χ4v) is 5.97. The molecule has 0 aliphatic heterocycles. The molecule has 240 valence electrons. The second-order valence-electron chi connectivity index (χ2n) is 13.7. The third kappa shape index (κ3) is 32.0. The number of nitrogens with one attached hydrogen (secondary N) is 1. The van der Waals surface area contributed by atoms with Crippen molar-refractivity contribution in [1.82, 2.24) is 5.32 Å². The first-order valence-corrected chi connectivity index (χ1v) is 18.6. The standard InChI is InChI=1S/C37H76N2O/c1-5-7-9-11-13-15-17-19-20-21-22-24-26-28-30-33-37(40)38-34-32-36-39(3,4)35-31-29-27-25-23-18-16-14-12-10-8-6-2/h5-36H2,1-4H3/p+1. The predicted molar refractivity (Wildman–Crippen MR) is 180 cm³/mol. The number of amides is 1. The van der Waals surface area contributed by atoms with E-state index in [1.165, 1.54) is 173 Å². The topological polar surface area (TPSA) is 29.1 Å². The molecule has 0 aromatic heterocycles. The van der Waals surface area contributed by atoms with E-state index >= 15 is 0 Å². The molecule has 1 amide bonds. The minimum Gasteiger partial charge on any atom is -0.356 e. The lowest BCUT2D eigenvalue weighted by Crippen LogP contribution is -2.42. The van der Waals surface area contributed by atoms with E-state index in [9.17, 15) is 4.79 Å². The summed E-state index contributed by atoms with van der Waals surface area (Å²) in [6, 6.07) is 0. The van der Waals surface area contributed by atoms with Crippen LogP contribution in [0.3, 0.4) is 0 Å². The van der Waals surface area contributed by atoms with Crippen molar-refractivity contribution in [2.45, 2.75) is 200 Å². The zero-order valence-corrected chi connectivity index (χ0v) is 28.5. The van der Waals surface area contributed by atoms with E-state index in [-0.39, 0.29) is 5.91 Å². The molecule has 0 aromatic rings. The maximum atomic E-state index is 12.2. The lowest BCUT2D eigenvalue weighted by Gasteiger charge is -2.30. The van der Waals surface area contributed by atoms with Gasteiger partial charge in [-0.15, -0.1) is 0 Å². The molecule has 3 nitrogen and oxygen atoms in total. The number of hydrogen-bond acceptors (Lipinski definition) is 1. The Hall–Kier alpha value is -0.570. The van der Waals surface area contributed by atoms with Crippen LogP contribution in [-0.4, -0.2) is 44.1 Å². The van der Waals surface area contributed by atoms with Gasteiger partial charge in [-0.1, -0.05) is 168 Å². The molecule has 0 aliphatic carbocycles. The normalized spacial score (nSPS) is 11.8. The van der Waals surface area contributed by atoms with Gasteiger partial charge >= 0.3 is 0 Å². The van der Waals surface area contributed by atoms with Gasteiger partial charge in [0.05, 0.1) is 27.2 Å². The highest BCUT2D eigenvalue weighted by Crippen LogP contribution is 2.15. The van der Waals surface area contributed by atoms with E-state index in [1.54, 1.807) is 0 Å². The maximum Gasteiger partial charge on any atom is 0.219 e. The minimum absolute atomic E-state index is 0.265. The summed E-state index contributed by atoms with van der Waals surface area (Å²) >= 11 is 0. The van der Waals surface area contributed by atoms with Crippen LogP contribution in [0.15, 0.2) is 0 Å². The summed E-state index contributed by atoms with van der Waals surface area (Å²) in [5.41, 5.74) is 0. The number of nitrogens with zero attached hydrogens (tertiary/aromatic N) is 1. The van der Waals surface area contributed by atoms with E-state index in [1.807, 2.05) is 0 Å². The lowest BCUT2D eigenvalue weighted by molar-refractivity contribution is -0.890. The molecule has 0 fully saturated rings. The smallest absolute Gasteiger partial charge is 0.219 e. The third-order valence-electron chi connectivity index (χ3n) is 8.89. The molecule has 1 N–H and O–H groups in total. The Balaban J connectivity index is 3.38. The second kappa shape index (κ2) is 31.4. The van der Waals surface area contributed by atoms with Crippen molar-refractivity contribution in [3.63, 3.8) is 0 Å². The number of carbonyl (C=O) groups is 1.